The van der Waals surface area contributed by atoms with Crippen LogP contribution in [0.5, 0.6) is 0 Å². The number of nitrogens with one attached hydrogen (secondary N) is 1. The van der Waals surface area contributed by atoms with Gasteiger partial charge in [0.25, 0.3) is 5.91 Å². The third-order valence-electron chi connectivity index (χ3n) is 3.65. The molecule has 0 saturated heterocycles. The van der Waals surface area contributed by atoms with E-state index in [0.717, 1.165) is 16.5 Å². The fraction of sp³-hybridized carbons (Fsp3) is 0.0500. The number of ether oxygens (including phenoxy) is 1. The third kappa shape index (κ3) is 4.09. The molecule has 1 aromatic heterocycles. The normalized spacial score (nSPS) is 10.8. The number of pyridine rings is 1. The van der Waals surface area contributed by atoms with E-state index < -0.39 is 5.97 Å². The van der Waals surface area contributed by atoms with Gasteiger partial charge in [-0.05, 0) is 48.0 Å². The Hall–Kier alpha value is -3.47. The van der Waals surface area contributed by atoms with Crippen molar-refractivity contribution in [2.75, 3.05) is 12.4 Å². The van der Waals surface area contributed by atoms with Crippen LogP contribution in [0.2, 0.25) is 0 Å². The van der Waals surface area contributed by atoms with Gasteiger partial charge in [-0.25, -0.2) is 4.79 Å². The van der Waals surface area contributed by atoms with Crippen molar-refractivity contribution in [2.45, 2.75) is 0 Å². The molecule has 25 heavy (non-hydrogen) atoms. The molecule has 0 unspecified atom stereocenters. The Morgan fingerprint density at radius 1 is 1.08 bits per heavy atom. The zero-order chi connectivity index (χ0) is 17.6. The maximum Gasteiger partial charge on any atom is 0.330 e. The second-order valence-corrected chi connectivity index (χ2v) is 5.34. The summed E-state index contributed by atoms with van der Waals surface area (Å²) in [6.45, 7) is 0. The van der Waals surface area contributed by atoms with Gasteiger partial charge in [0, 0.05) is 28.9 Å². The number of amides is 1. The highest BCUT2D eigenvalue weighted by Crippen LogP contribution is 2.18. The van der Waals surface area contributed by atoms with E-state index in [2.05, 4.69) is 15.0 Å². The first-order valence-electron chi connectivity index (χ1n) is 7.68. The van der Waals surface area contributed by atoms with Crippen LogP contribution in [0.3, 0.4) is 0 Å². The highest BCUT2D eigenvalue weighted by molar-refractivity contribution is 6.05. The molecular formula is C20H16N2O3. The van der Waals surface area contributed by atoms with Crippen molar-refractivity contribution in [3.8, 4) is 0 Å². The number of anilines is 1. The third-order valence-corrected chi connectivity index (χ3v) is 3.65. The van der Waals surface area contributed by atoms with Gasteiger partial charge in [0.15, 0.2) is 0 Å². The largest absolute Gasteiger partial charge is 0.466 e. The molecule has 0 atom stereocenters. The first-order chi connectivity index (χ1) is 12.2. The SMILES string of the molecule is COC(=O)/C=C/c1ccc(C(=O)Nc2ccc3ncccc3c2)cc1. The van der Waals surface area contributed by atoms with Crippen molar-refractivity contribution >= 4 is 34.5 Å². The minimum absolute atomic E-state index is 0.202. The standard InChI is InChI=1S/C20H16N2O3/c1-25-19(23)11-6-14-4-7-15(8-5-14)20(24)22-17-9-10-18-16(13-17)3-2-12-21-18/h2-13H,1H3,(H,22,24)/b11-6+. The molecule has 2 aromatic carbocycles. The molecule has 0 spiro atoms. The van der Waals surface area contributed by atoms with Crippen molar-refractivity contribution in [1.82, 2.24) is 4.98 Å². The maximum absolute atomic E-state index is 12.4. The van der Waals surface area contributed by atoms with Crippen LogP contribution < -0.4 is 5.32 Å². The zero-order valence-electron chi connectivity index (χ0n) is 13.6. The second-order valence-electron chi connectivity index (χ2n) is 5.34. The molecule has 5 heteroatoms. The van der Waals surface area contributed by atoms with Crippen LogP contribution in [0.4, 0.5) is 5.69 Å². The average Bonchev–Trinajstić information content (AvgIpc) is 2.66. The Labute approximate surface area is 145 Å². The summed E-state index contributed by atoms with van der Waals surface area (Å²) in [5, 5.41) is 3.83. The smallest absolute Gasteiger partial charge is 0.330 e. The monoisotopic (exact) mass is 332 g/mol. The molecule has 0 radical (unpaired) electrons. The van der Waals surface area contributed by atoms with Gasteiger partial charge < -0.3 is 10.1 Å². The van der Waals surface area contributed by atoms with Gasteiger partial charge in [-0.1, -0.05) is 18.2 Å². The summed E-state index contributed by atoms with van der Waals surface area (Å²) < 4.78 is 4.54. The van der Waals surface area contributed by atoms with Gasteiger partial charge in [0.2, 0.25) is 0 Å². The first kappa shape index (κ1) is 16.4. The number of carbonyl (C=O) groups excluding carboxylic acids is 2. The topological polar surface area (TPSA) is 68.3 Å². The number of methoxy groups -OCH3 is 1. The summed E-state index contributed by atoms with van der Waals surface area (Å²) in [5.41, 5.74) is 2.92. The molecule has 3 rings (SSSR count). The molecule has 124 valence electrons. The second kappa shape index (κ2) is 7.40. The fourth-order valence-corrected chi connectivity index (χ4v) is 2.33. The van der Waals surface area contributed by atoms with E-state index in [-0.39, 0.29) is 5.91 Å². The molecule has 1 heterocycles. The van der Waals surface area contributed by atoms with Gasteiger partial charge in [-0.2, -0.15) is 0 Å². The number of benzene rings is 2. The molecular weight excluding hydrogens is 316 g/mol. The van der Waals surface area contributed by atoms with E-state index in [1.54, 1.807) is 36.5 Å². The first-order valence-corrected chi connectivity index (χ1v) is 7.68. The number of carbonyl (C=O) groups is 2. The summed E-state index contributed by atoms with van der Waals surface area (Å²) in [6.07, 6.45) is 4.69. The molecule has 0 aliphatic rings. The Bertz CT molecular complexity index is 947. The predicted molar refractivity (Wildman–Crippen MR) is 97.2 cm³/mol. The van der Waals surface area contributed by atoms with E-state index in [4.69, 9.17) is 0 Å². The molecule has 0 aliphatic heterocycles. The van der Waals surface area contributed by atoms with Gasteiger partial charge in [-0.3, -0.25) is 9.78 Å². The lowest BCUT2D eigenvalue weighted by molar-refractivity contribution is -0.134. The quantitative estimate of drug-likeness (QED) is 0.584. The lowest BCUT2D eigenvalue weighted by Gasteiger charge is -2.07. The lowest BCUT2D eigenvalue weighted by Crippen LogP contribution is -2.11. The van der Waals surface area contributed by atoms with Gasteiger partial charge in [0.05, 0.1) is 12.6 Å². The molecule has 0 fully saturated rings. The van der Waals surface area contributed by atoms with Crippen molar-refractivity contribution in [3.63, 3.8) is 0 Å². The minimum Gasteiger partial charge on any atom is -0.466 e. The van der Waals surface area contributed by atoms with Crippen molar-refractivity contribution in [1.29, 1.82) is 0 Å². The Morgan fingerprint density at radius 2 is 1.88 bits per heavy atom. The van der Waals surface area contributed by atoms with Crippen molar-refractivity contribution < 1.29 is 14.3 Å². The molecule has 5 nitrogen and oxygen atoms in total. The molecule has 3 aromatic rings. The zero-order valence-corrected chi connectivity index (χ0v) is 13.6. The summed E-state index contributed by atoms with van der Waals surface area (Å²) in [4.78, 5) is 27.7. The van der Waals surface area contributed by atoms with Crippen LogP contribution in [-0.4, -0.2) is 24.0 Å². The highest BCUT2D eigenvalue weighted by atomic mass is 16.5. The van der Waals surface area contributed by atoms with Crippen LogP contribution in [0.15, 0.2) is 66.9 Å². The minimum atomic E-state index is -0.424. The lowest BCUT2D eigenvalue weighted by atomic mass is 10.1. The summed E-state index contributed by atoms with van der Waals surface area (Å²) in [6, 6.07) is 16.3. The van der Waals surface area contributed by atoms with E-state index in [1.165, 1.54) is 13.2 Å². The number of aromatic nitrogens is 1. The van der Waals surface area contributed by atoms with Gasteiger partial charge in [0.1, 0.15) is 0 Å². The van der Waals surface area contributed by atoms with E-state index in [1.807, 2.05) is 30.3 Å². The molecule has 0 aliphatic carbocycles. The summed E-state index contributed by atoms with van der Waals surface area (Å²) in [5.74, 6) is -0.626. The number of rotatable bonds is 4. The molecule has 0 saturated carbocycles. The van der Waals surface area contributed by atoms with Crippen molar-refractivity contribution in [2.24, 2.45) is 0 Å². The predicted octanol–water partition coefficient (Wildman–Crippen LogP) is 3.67. The van der Waals surface area contributed by atoms with Gasteiger partial charge >= 0.3 is 5.97 Å². The average molecular weight is 332 g/mol. The summed E-state index contributed by atoms with van der Waals surface area (Å²) >= 11 is 0. The summed E-state index contributed by atoms with van der Waals surface area (Å²) in [7, 11) is 1.32. The maximum atomic E-state index is 12.4. The van der Waals surface area contributed by atoms with E-state index >= 15 is 0 Å². The number of nitrogens with zero attached hydrogens (tertiary/aromatic N) is 1. The highest BCUT2D eigenvalue weighted by Gasteiger charge is 2.06. The van der Waals surface area contributed by atoms with E-state index in [9.17, 15) is 9.59 Å². The number of fused-ring (bicyclic) bond motifs is 1. The van der Waals surface area contributed by atoms with Gasteiger partial charge in [-0.15, -0.1) is 0 Å². The van der Waals surface area contributed by atoms with Crippen LogP contribution in [0.1, 0.15) is 15.9 Å². The number of hydrogen-bond donors (Lipinski definition) is 1. The van der Waals surface area contributed by atoms with Crippen LogP contribution in [0, 0.1) is 0 Å². The number of esters is 1. The van der Waals surface area contributed by atoms with Crippen LogP contribution >= 0.6 is 0 Å². The van der Waals surface area contributed by atoms with Crippen LogP contribution in [0.25, 0.3) is 17.0 Å². The van der Waals surface area contributed by atoms with Crippen molar-refractivity contribution in [3.05, 3.63) is 78.0 Å². The molecule has 0 bridgehead atoms. The fourth-order valence-electron chi connectivity index (χ4n) is 2.33. The Morgan fingerprint density at radius 3 is 2.64 bits per heavy atom. The Balaban J connectivity index is 1.71. The van der Waals surface area contributed by atoms with E-state index in [0.29, 0.717) is 11.3 Å². The molecule has 1 N–H and O–H groups in total. The van der Waals surface area contributed by atoms with Crippen LogP contribution in [-0.2, 0) is 9.53 Å². The Kier molecular flexibility index (Phi) is 4.85. The number of hydrogen-bond acceptors (Lipinski definition) is 4. The molecule has 1 amide bonds.